The zero-order valence-corrected chi connectivity index (χ0v) is 13.7. The third-order valence-corrected chi connectivity index (χ3v) is 3.55. The van der Waals surface area contributed by atoms with E-state index in [0.29, 0.717) is 10.8 Å². The number of halogens is 4. The molecule has 2 atom stereocenters. The number of amides is 1. The second-order valence-electron chi connectivity index (χ2n) is 5.10. The van der Waals surface area contributed by atoms with E-state index in [1.165, 1.54) is 12.1 Å². The molecular weight excluding hydrogens is 381 g/mol. The predicted molar refractivity (Wildman–Crippen MR) is 82.4 cm³/mol. The summed E-state index contributed by atoms with van der Waals surface area (Å²) in [7, 11) is 0. The Morgan fingerprint density at radius 2 is 2.09 bits per heavy atom. The number of hydrogen-bond acceptors (Lipinski definition) is 3. The van der Waals surface area contributed by atoms with Crippen LogP contribution in [-0.4, -0.2) is 30.1 Å². The Labute approximate surface area is 139 Å². The van der Waals surface area contributed by atoms with Crippen LogP contribution in [0.1, 0.15) is 18.9 Å². The Bertz CT molecular complexity index is 567. The molecule has 0 fully saturated rings. The first-order valence-electron chi connectivity index (χ1n) is 6.69. The van der Waals surface area contributed by atoms with Crippen LogP contribution in [0.2, 0.25) is 0 Å². The van der Waals surface area contributed by atoms with Gasteiger partial charge < -0.3 is 20.5 Å². The molecule has 0 aliphatic heterocycles. The molecule has 23 heavy (non-hydrogen) atoms. The monoisotopic (exact) mass is 396 g/mol. The van der Waals surface area contributed by atoms with Crippen LogP contribution in [0, 0.1) is 5.92 Å². The normalized spacial score (nSPS) is 14.0. The number of rotatable bonds is 7. The van der Waals surface area contributed by atoms with Crippen molar-refractivity contribution in [2.45, 2.75) is 25.6 Å². The minimum Gasteiger partial charge on any atom is -0.465 e. The number of alkyl halides is 3. The van der Waals surface area contributed by atoms with E-state index in [-0.39, 0.29) is 24.6 Å². The van der Waals surface area contributed by atoms with Gasteiger partial charge in [0.05, 0.1) is 11.6 Å². The Morgan fingerprint density at radius 3 is 2.61 bits per heavy atom. The third kappa shape index (κ3) is 6.47. The van der Waals surface area contributed by atoms with Gasteiger partial charge in [-0.25, -0.2) is 4.79 Å². The van der Waals surface area contributed by atoms with E-state index >= 15 is 0 Å². The number of anilines is 1. The highest BCUT2D eigenvalue weighted by Crippen LogP contribution is 2.36. The van der Waals surface area contributed by atoms with E-state index in [1.54, 1.807) is 6.92 Å². The Kier molecular flexibility index (Phi) is 6.86. The fourth-order valence-electron chi connectivity index (χ4n) is 2.01. The van der Waals surface area contributed by atoms with Gasteiger partial charge in [-0.05, 0) is 30.5 Å². The van der Waals surface area contributed by atoms with Crippen molar-refractivity contribution in [2.24, 2.45) is 5.92 Å². The van der Waals surface area contributed by atoms with Crippen LogP contribution >= 0.6 is 15.9 Å². The molecule has 1 aromatic carbocycles. The molecule has 9 heteroatoms. The summed E-state index contributed by atoms with van der Waals surface area (Å²) in [5.74, 6) is -0.221. The molecule has 0 aromatic heterocycles. The lowest BCUT2D eigenvalue weighted by molar-refractivity contribution is -0.137. The number of nitrogens with one attached hydrogen (secondary N) is 2. The first-order chi connectivity index (χ1) is 10.6. The van der Waals surface area contributed by atoms with Crippen molar-refractivity contribution >= 4 is 34.0 Å². The van der Waals surface area contributed by atoms with Crippen LogP contribution in [-0.2, 0) is 11.0 Å². The van der Waals surface area contributed by atoms with Gasteiger partial charge in [0.1, 0.15) is 6.29 Å². The molecule has 0 heterocycles. The molecule has 5 nitrogen and oxygen atoms in total. The second kappa shape index (κ2) is 8.19. The van der Waals surface area contributed by atoms with E-state index in [1.807, 2.05) is 5.32 Å². The summed E-state index contributed by atoms with van der Waals surface area (Å²) in [5.41, 5.74) is -0.865. The number of aldehydes is 1. The van der Waals surface area contributed by atoms with Gasteiger partial charge in [0.25, 0.3) is 0 Å². The quantitative estimate of drug-likeness (QED) is 0.613. The summed E-state index contributed by atoms with van der Waals surface area (Å²) >= 11 is 3.00. The van der Waals surface area contributed by atoms with Crippen molar-refractivity contribution in [1.29, 1.82) is 0 Å². The molecule has 0 aliphatic rings. The van der Waals surface area contributed by atoms with Gasteiger partial charge in [-0.3, -0.25) is 0 Å². The zero-order chi connectivity index (χ0) is 17.6. The van der Waals surface area contributed by atoms with Crippen molar-refractivity contribution in [2.75, 3.05) is 11.9 Å². The van der Waals surface area contributed by atoms with Crippen LogP contribution in [0.5, 0.6) is 0 Å². The largest absolute Gasteiger partial charge is 0.465 e. The Hall–Kier alpha value is -1.77. The fourth-order valence-corrected chi connectivity index (χ4v) is 2.37. The molecule has 0 saturated carbocycles. The van der Waals surface area contributed by atoms with E-state index in [0.717, 1.165) is 6.07 Å². The zero-order valence-electron chi connectivity index (χ0n) is 12.2. The lowest BCUT2D eigenvalue weighted by Gasteiger charge is -2.19. The highest BCUT2D eigenvalue weighted by atomic mass is 79.9. The van der Waals surface area contributed by atoms with E-state index in [4.69, 9.17) is 5.11 Å². The molecular formula is C14H16BrF3N2O3. The summed E-state index contributed by atoms with van der Waals surface area (Å²) in [6, 6.07) is 2.89. The summed E-state index contributed by atoms with van der Waals surface area (Å²) in [6.45, 7) is 1.87. The molecule has 1 aromatic rings. The first-order valence-corrected chi connectivity index (χ1v) is 7.48. The molecule has 1 amide bonds. The summed E-state index contributed by atoms with van der Waals surface area (Å²) in [6.07, 6.45) is -5.17. The Balaban J connectivity index is 2.71. The molecule has 128 valence electrons. The fraction of sp³-hybridized carbons (Fsp3) is 0.429. The van der Waals surface area contributed by atoms with Crippen molar-refractivity contribution in [3.05, 3.63) is 28.2 Å². The van der Waals surface area contributed by atoms with Crippen LogP contribution in [0.3, 0.4) is 0 Å². The Morgan fingerprint density at radius 1 is 1.43 bits per heavy atom. The van der Waals surface area contributed by atoms with Crippen LogP contribution in [0.4, 0.5) is 23.7 Å². The van der Waals surface area contributed by atoms with Crippen LogP contribution in [0.15, 0.2) is 22.7 Å². The molecule has 0 spiro atoms. The van der Waals surface area contributed by atoms with Crippen molar-refractivity contribution < 1.29 is 27.9 Å². The minimum absolute atomic E-state index is 0.0682. The number of carbonyl (C=O) groups is 2. The van der Waals surface area contributed by atoms with Gasteiger partial charge in [-0.2, -0.15) is 13.2 Å². The lowest BCUT2D eigenvalue weighted by Crippen LogP contribution is -2.37. The maximum atomic E-state index is 13.0. The molecule has 0 aliphatic carbocycles. The second-order valence-corrected chi connectivity index (χ2v) is 6.02. The van der Waals surface area contributed by atoms with Gasteiger partial charge in [-0.1, -0.05) is 22.9 Å². The predicted octanol–water partition coefficient (Wildman–Crippen LogP) is 3.74. The third-order valence-electron chi connectivity index (χ3n) is 3.06. The molecule has 0 radical (unpaired) electrons. The lowest BCUT2D eigenvalue weighted by atomic mass is 10.0. The van der Waals surface area contributed by atoms with Gasteiger partial charge >= 0.3 is 12.3 Å². The average Bonchev–Trinajstić information content (AvgIpc) is 2.43. The number of carboxylic acid groups (broad SMARTS) is 1. The smallest absolute Gasteiger partial charge is 0.418 e. The summed E-state index contributed by atoms with van der Waals surface area (Å²) < 4.78 is 39.3. The standard InChI is InChI=1S/C14H16BrF3N2O3/c1-8(4-10(7-21)20-13(22)23)6-19-12-3-2-9(15)5-11(12)14(16,17)18/h2-3,5,7-8,10,19-20H,4,6H2,1H3,(H,22,23). The molecule has 2 unspecified atom stereocenters. The number of carbonyl (C=O) groups excluding carboxylic acids is 1. The maximum absolute atomic E-state index is 13.0. The van der Waals surface area contributed by atoms with E-state index in [2.05, 4.69) is 21.2 Å². The van der Waals surface area contributed by atoms with Crippen molar-refractivity contribution in [3.63, 3.8) is 0 Å². The van der Waals surface area contributed by atoms with Crippen molar-refractivity contribution in [3.8, 4) is 0 Å². The maximum Gasteiger partial charge on any atom is 0.418 e. The number of hydrogen-bond donors (Lipinski definition) is 3. The first kappa shape index (κ1) is 19.3. The van der Waals surface area contributed by atoms with Gasteiger partial charge in [0, 0.05) is 16.7 Å². The molecule has 1 rings (SSSR count). The summed E-state index contributed by atoms with van der Waals surface area (Å²) in [4.78, 5) is 21.3. The van der Waals surface area contributed by atoms with Gasteiger partial charge in [0.15, 0.2) is 0 Å². The molecule has 3 N–H and O–H groups in total. The SMILES string of the molecule is CC(CNc1ccc(Br)cc1C(F)(F)F)CC(C=O)NC(=O)O. The minimum atomic E-state index is -4.49. The average molecular weight is 397 g/mol. The van der Waals surface area contributed by atoms with Crippen molar-refractivity contribution in [1.82, 2.24) is 5.32 Å². The van der Waals surface area contributed by atoms with E-state index < -0.39 is 23.9 Å². The highest BCUT2D eigenvalue weighted by molar-refractivity contribution is 9.10. The van der Waals surface area contributed by atoms with Crippen LogP contribution in [0.25, 0.3) is 0 Å². The molecule has 0 saturated heterocycles. The van der Waals surface area contributed by atoms with Crippen LogP contribution < -0.4 is 10.6 Å². The van der Waals surface area contributed by atoms with E-state index in [9.17, 15) is 22.8 Å². The van der Waals surface area contributed by atoms with Gasteiger partial charge in [0.2, 0.25) is 0 Å². The number of benzene rings is 1. The highest BCUT2D eigenvalue weighted by Gasteiger charge is 2.33. The molecule has 0 bridgehead atoms. The topological polar surface area (TPSA) is 78.4 Å². The van der Waals surface area contributed by atoms with Gasteiger partial charge in [-0.15, -0.1) is 0 Å². The summed E-state index contributed by atoms with van der Waals surface area (Å²) in [5, 5.41) is 13.3.